The summed E-state index contributed by atoms with van der Waals surface area (Å²) in [5.74, 6) is 0.0166. The van der Waals surface area contributed by atoms with E-state index in [0.29, 0.717) is 11.5 Å². The van der Waals surface area contributed by atoms with Crippen LogP contribution in [0.1, 0.15) is 34.6 Å². The van der Waals surface area contributed by atoms with Crippen molar-refractivity contribution in [1.29, 1.82) is 0 Å². The minimum absolute atomic E-state index is 0.288. The topological polar surface area (TPSA) is 77.8 Å². The molecule has 0 saturated carbocycles. The standard InChI is InChI=1S/C21H21NO5/c1-13-8-9-18(25-3)16(10-13)21(24)26-12-20(23)22-14(2)19-11-15-6-4-5-7-17(15)27-19/h4-11,14H,12H2,1-3H3,(H,22,23)/t14-/m1/s1. The van der Waals surface area contributed by atoms with Crippen LogP contribution in [0.3, 0.4) is 0 Å². The molecule has 140 valence electrons. The Kier molecular flexibility index (Phi) is 5.45. The molecule has 0 aliphatic rings. The fourth-order valence-corrected chi connectivity index (χ4v) is 2.76. The van der Waals surface area contributed by atoms with Crippen molar-refractivity contribution in [3.05, 3.63) is 65.4 Å². The molecule has 0 radical (unpaired) electrons. The van der Waals surface area contributed by atoms with Gasteiger partial charge in [-0.1, -0.05) is 29.8 Å². The highest BCUT2D eigenvalue weighted by Crippen LogP contribution is 2.23. The maximum Gasteiger partial charge on any atom is 0.342 e. The lowest BCUT2D eigenvalue weighted by atomic mass is 10.1. The lowest BCUT2D eigenvalue weighted by Gasteiger charge is -2.12. The number of rotatable bonds is 6. The summed E-state index contributed by atoms with van der Waals surface area (Å²) in [6, 6.07) is 14.3. The van der Waals surface area contributed by atoms with Crippen LogP contribution in [0, 0.1) is 6.92 Å². The third-order valence-electron chi connectivity index (χ3n) is 4.16. The average molecular weight is 367 g/mol. The number of hydrogen-bond donors (Lipinski definition) is 1. The van der Waals surface area contributed by atoms with Crippen LogP contribution in [0.25, 0.3) is 11.0 Å². The van der Waals surface area contributed by atoms with Gasteiger partial charge in [-0.25, -0.2) is 4.79 Å². The van der Waals surface area contributed by atoms with Gasteiger partial charge in [0.15, 0.2) is 6.61 Å². The van der Waals surface area contributed by atoms with Gasteiger partial charge in [0.25, 0.3) is 5.91 Å². The Hall–Kier alpha value is -3.28. The summed E-state index contributed by atoms with van der Waals surface area (Å²) in [6.45, 7) is 3.28. The number of nitrogens with one attached hydrogen (secondary N) is 1. The quantitative estimate of drug-likeness (QED) is 0.671. The molecular formula is C21H21NO5. The lowest BCUT2D eigenvalue weighted by molar-refractivity contribution is -0.125. The highest BCUT2D eigenvalue weighted by atomic mass is 16.5. The first-order chi connectivity index (χ1) is 13.0. The minimum Gasteiger partial charge on any atom is -0.496 e. The van der Waals surface area contributed by atoms with Crippen LogP contribution in [-0.2, 0) is 9.53 Å². The van der Waals surface area contributed by atoms with Gasteiger partial charge in [0, 0.05) is 5.39 Å². The SMILES string of the molecule is COc1ccc(C)cc1C(=O)OCC(=O)N[C@H](C)c1cc2ccccc2o1. The summed E-state index contributed by atoms with van der Waals surface area (Å²) < 4.78 is 16.0. The van der Waals surface area contributed by atoms with E-state index in [-0.39, 0.29) is 18.2 Å². The van der Waals surface area contributed by atoms with Crippen molar-refractivity contribution in [1.82, 2.24) is 5.32 Å². The van der Waals surface area contributed by atoms with Gasteiger partial charge in [0.2, 0.25) is 0 Å². The number of aryl methyl sites for hydroxylation is 1. The predicted molar refractivity (Wildman–Crippen MR) is 101 cm³/mol. The molecule has 1 aromatic heterocycles. The Morgan fingerprint density at radius 2 is 1.93 bits per heavy atom. The molecule has 0 aliphatic heterocycles. The number of carbonyl (C=O) groups excluding carboxylic acids is 2. The minimum atomic E-state index is -0.609. The monoisotopic (exact) mass is 367 g/mol. The largest absolute Gasteiger partial charge is 0.496 e. The Labute approximate surface area is 157 Å². The van der Waals surface area contributed by atoms with E-state index in [1.165, 1.54) is 7.11 Å². The van der Waals surface area contributed by atoms with Gasteiger partial charge in [-0.3, -0.25) is 4.79 Å². The highest BCUT2D eigenvalue weighted by molar-refractivity contribution is 5.94. The smallest absolute Gasteiger partial charge is 0.342 e. The molecule has 1 N–H and O–H groups in total. The van der Waals surface area contributed by atoms with E-state index >= 15 is 0 Å². The number of esters is 1. The number of amides is 1. The second-order valence-corrected chi connectivity index (χ2v) is 6.26. The van der Waals surface area contributed by atoms with E-state index in [0.717, 1.165) is 16.5 Å². The molecule has 3 rings (SSSR count). The van der Waals surface area contributed by atoms with E-state index in [9.17, 15) is 9.59 Å². The van der Waals surface area contributed by atoms with E-state index in [1.807, 2.05) is 43.3 Å². The van der Waals surface area contributed by atoms with Crippen molar-refractivity contribution in [2.45, 2.75) is 19.9 Å². The van der Waals surface area contributed by atoms with Crippen LogP contribution < -0.4 is 10.1 Å². The second kappa shape index (κ2) is 7.95. The molecular weight excluding hydrogens is 346 g/mol. The van der Waals surface area contributed by atoms with Crippen LogP contribution in [0.4, 0.5) is 0 Å². The molecule has 0 unspecified atom stereocenters. The van der Waals surface area contributed by atoms with Gasteiger partial charge in [-0.05, 0) is 38.1 Å². The molecule has 0 saturated heterocycles. The van der Waals surface area contributed by atoms with Crippen LogP contribution in [-0.4, -0.2) is 25.6 Å². The zero-order valence-corrected chi connectivity index (χ0v) is 15.4. The van der Waals surface area contributed by atoms with Crippen molar-refractivity contribution in [2.75, 3.05) is 13.7 Å². The van der Waals surface area contributed by atoms with Gasteiger partial charge in [0.05, 0.1) is 13.2 Å². The molecule has 2 aromatic carbocycles. The first kappa shape index (κ1) is 18.5. The molecule has 1 atom stereocenters. The normalized spacial score (nSPS) is 11.8. The Balaban J connectivity index is 1.59. The van der Waals surface area contributed by atoms with Gasteiger partial charge >= 0.3 is 5.97 Å². The third kappa shape index (κ3) is 4.28. The predicted octanol–water partition coefficient (Wildman–Crippen LogP) is 3.78. The fourth-order valence-electron chi connectivity index (χ4n) is 2.76. The van der Waals surface area contributed by atoms with Gasteiger partial charge in [0.1, 0.15) is 22.7 Å². The molecule has 6 nitrogen and oxygen atoms in total. The maximum absolute atomic E-state index is 12.3. The van der Waals surface area contributed by atoms with Crippen LogP contribution in [0.5, 0.6) is 5.75 Å². The van der Waals surface area contributed by atoms with Crippen molar-refractivity contribution in [2.24, 2.45) is 0 Å². The summed E-state index contributed by atoms with van der Waals surface area (Å²) in [5, 5.41) is 3.73. The third-order valence-corrected chi connectivity index (χ3v) is 4.16. The van der Waals surface area contributed by atoms with Gasteiger partial charge in [-0.15, -0.1) is 0 Å². The van der Waals surface area contributed by atoms with Crippen LogP contribution >= 0.6 is 0 Å². The number of fused-ring (bicyclic) bond motifs is 1. The van der Waals surface area contributed by atoms with Crippen molar-refractivity contribution < 1.29 is 23.5 Å². The molecule has 1 amide bonds. The highest BCUT2D eigenvalue weighted by Gasteiger charge is 2.18. The number of carbonyl (C=O) groups is 2. The van der Waals surface area contributed by atoms with Crippen molar-refractivity contribution in [3.63, 3.8) is 0 Å². The maximum atomic E-state index is 12.3. The molecule has 27 heavy (non-hydrogen) atoms. The molecule has 0 aliphatic carbocycles. The number of ether oxygens (including phenoxy) is 2. The van der Waals surface area contributed by atoms with E-state index in [1.54, 1.807) is 19.1 Å². The number of hydrogen-bond acceptors (Lipinski definition) is 5. The summed E-state index contributed by atoms with van der Waals surface area (Å²) in [4.78, 5) is 24.4. The molecule has 1 heterocycles. The van der Waals surface area contributed by atoms with E-state index in [2.05, 4.69) is 5.32 Å². The summed E-state index contributed by atoms with van der Waals surface area (Å²) >= 11 is 0. The number of methoxy groups -OCH3 is 1. The number of benzene rings is 2. The van der Waals surface area contributed by atoms with Gasteiger partial charge < -0.3 is 19.2 Å². The first-order valence-electron chi connectivity index (χ1n) is 8.57. The van der Waals surface area contributed by atoms with Gasteiger partial charge in [-0.2, -0.15) is 0 Å². The summed E-state index contributed by atoms with van der Waals surface area (Å²) in [6.07, 6.45) is 0. The average Bonchev–Trinajstić information content (AvgIpc) is 3.10. The Morgan fingerprint density at radius 1 is 1.15 bits per heavy atom. The Bertz CT molecular complexity index is 943. The number of para-hydroxylation sites is 1. The molecule has 0 spiro atoms. The zero-order valence-electron chi connectivity index (χ0n) is 15.4. The zero-order chi connectivity index (χ0) is 19.4. The van der Waals surface area contributed by atoms with Crippen molar-refractivity contribution >= 4 is 22.8 Å². The number of furan rings is 1. The van der Waals surface area contributed by atoms with E-state index < -0.39 is 11.9 Å². The van der Waals surface area contributed by atoms with Crippen LogP contribution in [0.2, 0.25) is 0 Å². The van der Waals surface area contributed by atoms with Crippen LogP contribution in [0.15, 0.2) is 52.9 Å². The Morgan fingerprint density at radius 3 is 2.67 bits per heavy atom. The lowest BCUT2D eigenvalue weighted by Crippen LogP contribution is -2.31. The summed E-state index contributed by atoms with van der Waals surface area (Å²) in [5.41, 5.74) is 1.94. The molecule has 3 aromatic rings. The second-order valence-electron chi connectivity index (χ2n) is 6.26. The molecule has 0 bridgehead atoms. The van der Waals surface area contributed by atoms with Crippen molar-refractivity contribution in [3.8, 4) is 5.75 Å². The molecule has 6 heteroatoms. The summed E-state index contributed by atoms with van der Waals surface area (Å²) in [7, 11) is 1.48. The van der Waals surface area contributed by atoms with E-state index in [4.69, 9.17) is 13.9 Å². The fraction of sp³-hybridized carbons (Fsp3) is 0.238. The molecule has 0 fully saturated rings. The first-order valence-corrected chi connectivity index (χ1v) is 8.57.